The number of hydrogen-bond donors (Lipinski definition) is 0. The summed E-state index contributed by atoms with van der Waals surface area (Å²) in [6, 6.07) is 8.00. The number of carbonyl (C=O) groups is 1. The van der Waals surface area contributed by atoms with Crippen LogP contribution in [-0.2, 0) is 11.2 Å². The highest BCUT2D eigenvalue weighted by Gasteiger charge is 2.12. The van der Waals surface area contributed by atoms with Crippen molar-refractivity contribution >= 4 is 5.97 Å². The van der Waals surface area contributed by atoms with E-state index in [1.165, 1.54) is 29.2 Å². The molecule has 0 spiro atoms. The lowest BCUT2D eigenvalue weighted by Gasteiger charge is -2.16. The Labute approximate surface area is 138 Å². The molecule has 0 aromatic heterocycles. The van der Waals surface area contributed by atoms with Crippen LogP contribution in [-0.4, -0.2) is 13.1 Å². The molecule has 0 radical (unpaired) electrons. The van der Waals surface area contributed by atoms with Crippen LogP contribution in [0.3, 0.4) is 0 Å². The third kappa shape index (κ3) is 3.92. The van der Waals surface area contributed by atoms with Crippen LogP contribution in [0.2, 0.25) is 0 Å². The second kappa shape index (κ2) is 6.86. The average molecular weight is 312 g/mol. The molecule has 0 saturated heterocycles. The summed E-state index contributed by atoms with van der Waals surface area (Å²) in [7, 11) is 1.69. The summed E-state index contributed by atoms with van der Waals surface area (Å²) >= 11 is 0. The maximum Gasteiger partial charge on any atom is 0.308 e. The summed E-state index contributed by atoms with van der Waals surface area (Å²) in [6.45, 7) is 9.77. The Hall–Kier alpha value is -2.29. The highest BCUT2D eigenvalue weighted by molar-refractivity contribution is 5.69. The van der Waals surface area contributed by atoms with E-state index in [2.05, 4.69) is 39.8 Å². The van der Waals surface area contributed by atoms with Gasteiger partial charge in [-0.05, 0) is 91.8 Å². The third-order valence-corrected chi connectivity index (χ3v) is 4.19. The lowest BCUT2D eigenvalue weighted by atomic mass is 9.91. The molecule has 0 bridgehead atoms. The third-order valence-electron chi connectivity index (χ3n) is 4.19. The van der Waals surface area contributed by atoms with Gasteiger partial charge in [-0.2, -0.15) is 0 Å². The first kappa shape index (κ1) is 17.1. The standard InChI is InChI=1S/C20H24O3/c1-12-7-17(22-6)8-13(2)19(12)11-20-14(3)9-18(10-15(20)4)23-16(5)21/h7-10H,11H2,1-6H3. The van der Waals surface area contributed by atoms with Crippen molar-refractivity contribution in [2.24, 2.45) is 0 Å². The minimum Gasteiger partial charge on any atom is -0.497 e. The molecule has 3 nitrogen and oxygen atoms in total. The zero-order chi connectivity index (χ0) is 17.1. The Kier molecular flexibility index (Phi) is 5.09. The van der Waals surface area contributed by atoms with Crippen LogP contribution in [0.15, 0.2) is 24.3 Å². The van der Waals surface area contributed by atoms with Gasteiger partial charge in [-0.25, -0.2) is 0 Å². The van der Waals surface area contributed by atoms with Crippen molar-refractivity contribution in [1.29, 1.82) is 0 Å². The van der Waals surface area contributed by atoms with Crippen LogP contribution in [0.25, 0.3) is 0 Å². The molecule has 0 N–H and O–H groups in total. The Morgan fingerprint density at radius 3 is 1.57 bits per heavy atom. The summed E-state index contributed by atoms with van der Waals surface area (Å²) in [4.78, 5) is 11.1. The van der Waals surface area contributed by atoms with Gasteiger partial charge < -0.3 is 9.47 Å². The predicted molar refractivity (Wildman–Crippen MR) is 92.5 cm³/mol. The Morgan fingerprint density at radius 2 is 1.22 bits per heavy atom. The second-order valence-corrected chi connectivity index (χ2v) is 6.05. The molecular formula is C20H24O3. The molecule has 122 valence electrons. The largest absolute Gasteiger partial charge is 0.497 e. The number of carbonyl (C=O) groups excluding carboxylic acids is 1. The number of ether oxygens (including phenoxy) is 2. The molecule has 0 saturated carbocycles. The van der Waals surface area contributed by atoms with Crippen LogP contribution in [0.5, 0.6) is 11.5 Å². The molecule has 23 heavy (non-hydrogen) atoms. The number of benzene rings is 2. The summed E-state index contributed by atoms with van der Waals surface area (Å²) in [6.07, 6.45) is 0.861. The van der Waals surface area contributed by atoms with E-state index in [4.69, 9.17) is 9.47 Å². The summed E-state index contributed by atoms with van der Waals surface area (Å²) in [5.74, 6) is 1.21. The number of aryl methyl sites for hydroxylation is 4. The summed E-state index contributed by atoms with van der Waals surface area (Å²) in [5.41, 5.74) is 7.32. The molecule has 0 aliphatic rings. The molecule has 0 heterocycles. The number of methoxy groups -OCH3 is 1. The van der Waals surface area contributed by atoms with E-state index in [1.807, 2.05) is 12.1 Å². The molecule has 0 unspecified atom stereocenters. The highest BCUT2D eigenvalue weighted by Crippen LogP contribution is 2.28. The van der Waals surface area contributed by atoms with Crippen molar-refractivity contribution in [2.45, 2.75) is 41.0 Å². The molecule has 0 aliphatic heterocycles. The lowest BCUT2D eigenvalue weighted by Crippen LogP contribution is -2.05. The van der Waals surface area contributed by atoms with Crippen molar-refractivity contribution in [2.75, 3.05) is 7.11 Å². The Morgan fingerprint density at radius 1 is 0.826 bits per heavy atom. The number of hydrogen-bond acceptors (Lipinski definition) is 3. The quantitative estimate of drug-likeness (QED) is 0.618. The molecular weight excluding hydrogens is 288 g/mol. The highest BCUT2D eigenvalue weighted by atomic mass is 16.5. The molecule has 0 atom stereocenters. The average Bonchev–Trinajstić information content (AvgIpc) is 2.44. The first-order chi connectivity index (χ1) is 10.8. The minimum atomic E-state index is -0.293. The van der Waals surface area contributed by atoms with Crippen molar-refractivity contribution in [3.63, 3.8) is 0 Å². The van der Waals surface area contributed by atoms with E-state index >= 15 is 0 Å². The van der Waals surface area contributed by atoms with Crippen LogP contribution >= 0.6 is 0 Å². The van der Waals surface area contributed by atoms with Crippen LogP contribution in [0.4, 0.5) is 0 Å². The molecule has 0 amide bonds. The Balaban J connectivity index is 2.39. The van der Waals surface area contributed by atoms with Gasteiger partial charge in [0.25, 0.3) is 0 Å². The molecule has 2 aromatic carbocycles. The van der Waals surface area contributed by atoms with Gasteiger partial charge in [0.2, 0.25) is 0 Å². The van der Waals surface area contributed by atoms with Gasteiger partial charge in [-0.15, -0.1) is 0 Å². The minimum absolute atomic E-state index is 0.293. The predicted octanol–water partition coefficient (Wildman–Crippen LogP) is 4.44. The van der Waals surface area contributed by atoms with E-state index < -0.39 is 0 Å². The fourth-order valence-electron chi connectivity index (χ4n) is 2.98. The smallest absolute Gasteiger partial charge is 0.308 e. The van der Waals surface area contributed by atoms with Gasteiger partial charge in [-0.1, -0.05) is 0 Å². The van der Waals surface area contributed by atoms with Crippen molar-refractivity contribution < 1.29 is 14.3 Å². The first-order valence-electron chi connectivity index (χ1n) is 7.74. The van der Waals surface area contributed by atoms with E-state index in [0.717, 1.165) is 23.3 Å². The van der Waals surface area contributed by atoms with Gasteiger partial charge in [-0.3, -0.25) is 4.79 Å². The topological polar surface area (TPSA) is 35.5 Å². The zero-order valence-corrected chi connectivity index (χ0v) is 14.7. The fraction of sp³-hybridized carbons (Fsp3) is 0.350. The Bertz CT molecular complexity index is 699. The maximum atomic E-state index is 11.1. The first-order valence-corrected chi connectivity index (χ1v) is 7.74. The van der Waals surface area contributed by atoms with Crippen LogP contribution in [0.1, 0.15) is 40.3 Å². The normalized spacial score (nSPS) is 10.5. The maximum absolute atomic E-state index is 11.1. The zero-order valence-electron chi connectivity index (χ0n) is 14.7. The van der Waals surface area contributed by atoms with Crippen LogP contribution in [0, 0.1) is 27.7 Å². The van der Waals surface area contributed by atoms with E-state index in [9.17, 15) is 4.79 Å². The van der Waals surface area contributed by atoms with E-state index in [0.29, 0.717) is 5.75 Å². The van der Waals surface area contributed by atoms with Crippen LogP contribution < -0.4 is 9.47 Å². The molecule has 2 aromatic rings. The lowest BCUT2D eigenvalue weighted by molar-refractivity contribution is -0.131. The van der Waals surface area contributed by atoms with Crippen molar-refractivity contribution in [3.05, 3.63) is 57.6 Å². The summed E-state index contributed by atoms with van der Waals surface area (Å²) < 4.78 is 10.5. The number of rotatable bonds is 4. The van der Waals surface area contributed by atoms with Gasteiger partial charge in [0.05, 0.1) is 7.11 Å². The van der Waals surface area contributed by atoms with Gasteiger partial charge in [0.1, 0.15) is 11.5 Å². The summed E-state index contributed by atoms with van der Waals surface area (Å²) in [5, 5.41) is 0. The monoisotopic (exact) mass is 312 g/mol. The van der Waals surface area contributed by atoms with Gasteiger partial charge in [0.15, 0.2) is 0 Å². The SMILES string of the molecule is COc1cc(C)c(Cc2c(C)cc(OC(C)=O)cc2C)c(C)c1. The molecule has 0 fully saturated rings. The fourth-order valence-corrected chi connectivity index (χ4v) is 2.98. The van der Waals surface area contributed by atoms with Gasteiger partial charge >= 0.3 is 5.97 Å². The second-order valence-electron chi connectivity index (χ2n) is 6.05. The van der Waals surface area contributed by atoms with E-state index in [-0.39, 0.29) is 5.97 Å². The number of esters is 1. The molecule has 2 rings (SSSR count). The van der Waals surface area contributed by atoms with E-state index in [1.54, 1.807) is 7.11 Å². The molecule has 0 aliphatic carbocycles. The molecule has 3 heteroatoms. The van der Waals surface area contributed by atoms with Gasteiger partial charge in [0, 0.05) is 6.92 Å². The van der Waals surface area contributed by atoms with Crippen molar-refractivity contribution in [1.82, 2.24) is 0 Å². The van der Waals surface area contributed by atoms with Crippen molar-refractivity contribution in [3.8, 4) is 11.5 Å².